The molecule has 1 aromatic heterocycles. The molecule has 120 valence electrons. The standard InChI is InChI=1S/C15H21FN4S2/c1-19(2)9-11-22-21-10-3-8-20-12-15(17-18-20)13-4-6-14(16)7-5-13/h4-7,12H,3,8-11H2,1-2H3. The Kier molecular flexibility index (Phi) is 7.21. The van der Waals surface area contributed by atoms with Gasteiger partial charge in [0.25, 0.3) is 0 Å². The Morgan fingerprint density at radius 1 is 1.14 bits per heavy atom. The maximum absolute atomic E-state index is 12.9. The second-order valence-corrected chi connectivity index (χ2v) is 7.88. The first-order valence-electron chi connectivity index (χ1n) is 7.20. The fourth-order valence-electron chi connectivity index (χ4n) is 1.78. The summed E-state index contributed by atoms with van der Waals surface area (Å²) in [4.78, 5) is 2.19. The Bertz CT molecular complexity index is 557. The van der Waals surface area contributed by atoms with Crippen molar-refractivity contribution < 1.29 is 4.39 Å². The molecule has 0 unspecified atom stereocenters. The Balaban J connectivity index is 1.68. The third-order valence-electron chi connectivity index (χ3n) is 3.00. The van der Waals surface area contributed by atoms with E-state index in [0.29, 0.717) is 0 Å². The van der Waals surface area contributed by atoms with E-state index in [9.17, 15) is 4.39 Å². The fraction of sp³-hybridized carbons (Fsp3) is 0.467. The van der Waals surface area contributed by atoms with Crippen LogP contribution in [0.15, 0.2) is 30.5 Å². The zero-order chi connectivity index (χ0) is 15.8. The quantitative estimate of drug-likeness (QED) is 0.516. The van der Waals surface area contributed by atoms with E-state index in [1.54, 1.807) is 12.1 Å². The molecule has 22 heavy (non-hydrogen) atoms. The van der Waals surface area contributed by atoms with Crippen LogP contribution in [0.1, 0.15) is 6.42 Å². The first kappa shape index (κ1) is 17.3. The lowest BCUT2D eigenvalue weighted by Gasteiger charge is -2.07. The minimum Gasteiger partial charge on any atom is -0.309 e. The zero-order valence-corrected chi connectivity index (χ0v) is 14.5. The average Bonchev–Trinajstić information content (AvgIpc) is 2.95. The van der Waals surface area contributed by atoms with Crippen molar-refractivity contribution in [1.82, 2.24) is 19.9 Å². The maximum atomic E-state index is 12.9. The van der Waals surface area contributed by atoms with Crippen LogP contribution >= 0.6 is 21.6 Å². The molecule has 1 aromatic carbocycles. The van der Waals surface area contributed by atoms with Crippen molar-refractivity contribution in [3.63, 3.8) is 0 Å². The number of benzene rings is 1. The van der Waals surface area contributed by atoms with Crippen LogP contribution in [0.2, 0.25) is 0 Å². The molecule has 0 atom stereocenters. The molecule has 0 saturated carbocycles. The summed E-state index contributed by atoms with van der Waals surface area (Å²) in [5.74, 6) is 2.01. The second-order valence-electron chi connectivity index (χ2n) is 5.17. The van der Waals surface area contributed by atoms with Crippen molar-refractivity contribution in [2.45, 2.75) is 13.0 Å². The molecule has 4 nitrogen and oxygen atoms in total. The first-order chi connectivity index (χ1) is 10.6. The van der Waals surface area contributed by atoms with E-state index in [1.807, 2.05) is 32.5 Å². The highest BCUT2D eigenvalue weighted by molar-refractivity contribution is 8.76. The van der Waals surface area contributed by atoms with Gasteiger partial charge in [-0.3, -0.25) is 4.68 Å². The van der Waals surface area contributed by atoms with Crippen molar-refractivity contribution >= 4 is 21.6 Å². The Hall–Kier alpha value is -1.05. The molecule has 0 radical (unpaired) electrons. The second kappa shape index (κ2) is 9.17. The monoisotopic (exact) mass is 340 g/mol. The number of nitrogens with zero attached hydrogens (tertiary/aromatic N) is 4. The van der Waals surface area contributed by atoms with Crippen molar-refractivity contribution in [3.05, 3.63) is 36.3 Å². The molecule has 0 saturated heterocycles. The van der Waals surface area contributed by atoms with Gasteiger partial charge in [0, 0.05) is 30.2 Å². The van der Waals surface area contributed by atoms with Gasteiger partial charge in [0.05, 0.1) is 6.20 Å². The van der Waals surface area contributed by atoms with Gasteiger partial charge in [-0.05, 0) is 44.8 Å². The summed E-state index contributed by atoms with van der Waals surface area (Å²) >= 11 is 0. The molecular formula is C15H21FN4S2. The highest BCUT2D eigenvalue weighted by Gasteiger charge is 2.04. The van der Waals surface area contributed by atoms with Crippen LogP contribution in [0.25, 0.3) is 11.3 Å². The van der Waals surface area contributed by atoms with Crippen LogP contribution in [-0.4, -0.2) is 52.0 Å². The number of hydrogen-bond acceptors (Lipinski definition) is 5. The van der Waals surface area contributed by atoms with Crippen molar-refractivity contribution in [3.8, 4) is 11.3 Å². The average molecular weight is 340 g/mol. The Labute approximate surface area is 138 Å². The van der Waals surface area contributed by atoms with Crippen LogP contribution in [0.5, 0.6) is 0 Å². The van der Waals surface area contributed by atoms with Crippen LogP contribution in [0.4, 0.5) is 4.39 Å². The van der Waals surface area contributed by atoms with E-state index >= 15 is 0 Å². The number of rotatable bonds is 9. The number of aromatic nitrogens is 3. The van der Waals surface area contributed by atoms with Gasteiger partial charge >= 0.3 is 0 Å². The molecular weight excluding hydrogens is 319 g/mol. The van der Waals surface area contributed by atoms with Gasteiger partial charge in [-0.1, -0.05) is 26.8 Å². The zero-order valence-electron chi connectivity index (χ0n) is 12.9. The molecule has 0 spiro atoms. The summed E-state index contributed by atoms with van der Waals surface area (Å²) < 4.78 is 14.7. The number of hydrogen-bond donors (Lipinski definition) is 0. The molecule has 7 heteroatoms. The highest BCUT2D eigenvalue weighted by Crippen LogP contribution is 2.22. The van der Waals surface area contributed by atoms with Crippen LogP contribution in [-0.2, 0) is 6.54 Å². The van der Waals surface area contributed by atoms with Gasteiger partial charge in [-0.25, -0.2) is 4.39 Å². The van der Waals surface area contributed by atoms with Gasteiger partial charge < -0.3 is 4.90 Å². The van der Waals surface area contributed by atoms with Gasteiger partial charge in [-0.2, -0.15) is 0 Å². The predicted molar refractivity (Wildman–Crippen MR) is 93.5 cm³/mol. The third-order valence-corrected chi connectivity index (χ3v) is 5.47. The fourth-order valence-corrected chi connectivity index (χ4v) is 3.99. The van der Waals surface area contributed by atoms with Gasteiger partial charge in [0.2, 0.25) is 0 Å². The summed E-state index contributed by atoms with van der Waals surface area (Å²) in [5, 5.41) is 8.26. The van der Waals surface area contributed by atoms with E-state index in [1.165, 1.54) is 12.1 Å². The summed E-state index contributed by atoms with van der Waals surface area (Å²) in [5.41, 5.74) is 1.68. The normalized spacial score (nSPS) is 11.3. The predicted octanol–water partition coefficient (Wildman–Crippen LogP) is 3.42. The van der Waals surface area contributed by atoms with Crippen LogP contribution in [0, 0.1) is 5.82 Å². The van der Waals surface area contributed by atoms with Crippen LogP contribution in [0.3, 0.4) is 0 Å². The molecule has 0 aliphatic carbocycles. The van der Waals surface area contributed by atoms with E-state index in [0.717, 1.165) is 42.3 Å². The lowest BCUT2D eigenvalue weighted by Crippen LogP contribution is -2.14. The molecule has 0 amide bonds. The summed E-state index contributed by atoms with van der Waals surface area (Å²) in [6.07, 6.45) is 2.98. The van der Waals surface area contributed by atoms with Gasteiger partial charge in [-0.15, -0.1) is 5.10 Å². The van der Waals surface area contributed by atoms with Gasteiger partial charge in [0.1, 0.15) is 11.5 Å². The summed E-state index contributed by atoms with van der Waals surface area (Å²) in [7, 11) is 8.00. The Morgan fingerprint density at radius 2 is 1.86 bits per heavy atom. The first-order valence-corrected chi connectivity index (χ1v) is 9.69. The van der Waals surface area contributed by atoms with Crippen molar-refractivity contribution in [2.75, 3.05) is 32.1 Å². The van der Waals surface area contributed by atoms with E-state index in [4.69, 9.17) is 0 Å². The number of halogens is 1. The smallest absolute Gasteiger partial charge is 0.123 e. The molecule has 0 bridgehead atoms. The minimum absolute atomic E-state index is 0.236. The van der Waals surface area contributed by atoms with E-state index in [-0.39, 0.29) is 5.82 Å². The van der Waals surface area contributed by atoms with Crippen molar-refractivity contribution in [1.29, 1.82) is 0 Å². The molecule has 0 aliphatic rings. The van der Waals surface area contributed by atoms with E-state index in [2.05, 4.69) is 29.3 Å². The van der Waals surface area contributed by atoms with E-state index < -0.39 is 0 Å². The number of aryl methyl sites for hydroxylation is 1. The van der Waals surface area contributed by atoms with Crippen LogP contribution < -0.4 is 0 Å². The Morgan fingerprint density at radius 3 is 2.59 bits per heavy atom. The third kappa shape index (κ3) is 5.98. The topological polar surface area (TPSA) is 34.0 Å². The molecule has 0 N–H and O–H groups in total. The lowest BCUT2D eigenvalue weighted by molar-refractivity contribution is 0.438. The van der Waals surface area contributed by atoms with Crippen molar-refractivity contribution in [2.24, 2.45) is 0 Å². The largest absolute Gasteiger partial charge is 0.309 e. The molecule has 2 aromatic rings. The molecule has 0 aliphatic heterocycles. The molecule has 0 fully saturated rings. The summed E-state index contributed by atoms with van der Waals surface area (Å²) in [6, 6.07) is 6.33. The minimum atomic E-state index is -0.236. The maximum Gasteiger partial charge on any atom is 0.123 e. The highest BCUT2D eigenvalue weighted by atomic mass is 33.1. The molecule has 2 rings (SSSR count). The molecule has 1 heterocycles. The lowest BCUT2D eigenvalue weighted by atomic mass is 10.2. The van der Waals surface area contributed by atoms with Gasteiger partial charge in [0.15, 0.2) is 0 Å². The SMILES string of the molecule is CN(C)CCSSCCCn1cc(-c2ccc(F)cc2)nn1. The summed E-state index contributed by atoms with van der Waals surface area (Å²) in [6.45, 7) is 1.97.